The molecule has 0 amide bonds. The van der Waals surface area contributed by atoms with Gasteiger partial charge >= 0.3 is 0 Å². The van der Waals surface area contributed by atoms with Crippen LogP contribution in [0.1, 0.15) is 41.3 Å². The van der Waals surface area contributed by atoms with Gasteiger partial charge < -0.3 is 5.32 Å². The van der Waals surface area contributed by atoms with Gasteiger partial charge in [-0.3, -0.25) is 0 Å². The highest BCUT2D eigenvalue weighted by Crippen LogP contribution is 2.38. The van der Waals surface area contributed by atoms with E-state index in [1.807, 2.05) is 12.3 Å². The first-order valence-electron chi connectivity index (χ1n) is 6.85. The van der Waals surface area contributed by atoms with Crippen LogP contribution in [0.5, 0.6) is 0 Å². The number of benzene rings is 1. The van der Waals surface area contributed by atoms with E-state index >= 15 is 0 Å². The number of hydrogen-bond acceptors (Lipinski definition) is 3. The monoisotopic (exact) mass is 253 g/mol. The Morgan fingerprint density at radius 2 is 2.05 bits per heavy atom. The lowest BCUT2D eigenvalue weighted by Gasteiger charge is -2.09. The highest BCUT2D eigenvalue weighted by molar-refractivity contribution is 5.38. The topological polar surface area (TPSA) is 37.8 Å². The number of anilines is 1. The molecule has 1 heterocycles. The van der Waals surface area contributed by atoms with Crippen molar-refractivity contribution in [1.29, 1.82) is 0 Å². The van der Waals surface area contributed by atoms with Crippen LogP contribution in [0, 0.1) is 13.8 Å². The van der Waals surface area contributed by atoms with Gasteiger partial charge in [0.05, 0.1) is 0 Å². The van der Waals surface area contributed by atoms with Gasteiger partial charge in [-0.15, -0.1) is 0 Å². The van der Waals surface area contributed by atoms with Crippen LogP contribution >= 0.6 is 0 Å². The molecule has 3 rings (SSSR count). The van der Waals surface area contributed by atoms with Crippen molar-refractivity contribution < 1.29 is 0 Å². The van der Waals surface area contributed by atoms with E-state index in [1.165, 1.54) is 29.5 Å². The molecule has 1 aliphatic rings. The Kier molecular flexibility index (Phi) is 3.20. The minimum atomic E-state index is 0.600. The van der Waals surface area contributed by atoms with Crippen molar-refractivity contribution in [3.05, 3.63) is 53.0 Å². The molecule has 0 saturated heterocycles. The number of aryl methyl sites for hydroxylation is 2. The quantitative estimate of drug-likeness (QED) is 0.905. The Bertz CT molecular complexity index is 588. The number of hydrogen-bond donors (Lipinski definition) is 1. The summed E-state index contributed by atoms with van der Waals surface area (Å²) in [5.74, 6) is 2.52. The van der Waals surface area contributed by atoms with E-state index in [9.17, 15) is 0 Å². The van der Waals surface area contributed by atoms with Crippen LogP contribution in [0.25, 0.3) is 0 Å². The van der Waals surface area contributed by atoms with Gasteiger partial charge in [-0.05, 0) is 43.9 Å². The second-order valence-corrected chi connectivity index (χ2v) is 5.36. The lowest BCUT2D eigenvalue weighted by molar-refractivity contribution is 0.920. The predicted octanol–water partition coefficient (Wildman–Crippen LogP) is 3.58. The van der Waals surface area contributed by atoms with E-state index in [-0.39, 0.29) is 0 Å². The van der Waals surface area contributed by atoms with Crippen LogP contribution in [0.4, 0.5) is 5.82 Å². The van der Waals surface area contributed by atoms with E-state index in [1.54, 1.807) is 0 Å². The van der Waals surface area contributed by atoms with Crippen molar-refractivity contribution in [3.8, 4) is 0 Å². The molecule has 19 heavy (non-hydrogen) atoms. The summed E-state index contributed by atoms with van der Waals surface area (Å²) in [5.41, 5.74) is 3.94. The fraction of sp³-hybridized carbons (Fsp3) is 0.375. The SMILES string of the molecule is Cc1ccc(CNc2ccnc(C3CC3)n2)c(C)c1. The van der Waals surface area contributed by atoms with Gasteiger partial charge in [0.25, 0.3) is 0 Å². The summed E-state index contributed by atoms with van der Waals surface area (Å²) >= 11 is 0. The molecule has 1 saturated carbocycles. The summed E-state index contributed by atoms with van der Waals surface area (Å²) in [6.07, 6.45) is 4.33. The van der Waals surface area contributed by atoms with Gasteiger partial charge in [-0.1, -0.05) is 23.8 Å². The number of rotatable bonds is 4. The predicted molar refractivity (Wildman–Crippen MR) is 77.2 cm³/mol. The number of nitrogens with one attached hydrogen (secondary N) is 1. The normalized spacial score (nSPS) is 14.4. The first-order valence-corrected chi connectivity index (χ1v) is 6.85. The maximum Gasteiger partial charge on any atom is 0.133 e. The fourth-order valence-electron chi connectivity index (χ4n) is 2.24. The van der Waals surface area contributed by atoms with Crippen molar-refractivity contribution in [2.45, 2.75) is 39.2 Å². The summed E-state index contributed by atoms with van der Waals surface area (Å²) < 4.78 is 0. The van der Waals surface area contributed by atoms with E-state index in [2.05, 4.69) is 47.3 Å². The zero-order chi connectivity index (χ0) is 13.2. The molecule has 0 bridgehead atoms. The van der Waals surface area contributed by atoms with Crippen LogP contribution < -0.4 is 5.32 Å². The van der Waals surface area contributed by atoms with E-state index < -0.39 is 0 Å². The molecule has 0 spiro atoms. The van der Waals surface area contributed by atoms with Crippen molar-refractivity contribution >= 4 is 5.82 Å². The smallest absolute Gasteiger partial charge is 0.133 e. The van der Waals surface area contributed by atoms with Crippen LogP contribution in [-0.2, 0) is 6.54 Å². The van der Waals surface area contributed by atoms with Gasteiger partial charge in [0.15, 0.2) is 0 Å². The third-order valence-electron chi connectivity index (χ3n) is 3.57. The Morgan fingerprint density at radius 3 is 2.79 bits per heavy atom. The third kappa shape index (κ3) is 2.92. The Balaban J connectivity index is 1.69. The molecular formula is C16H19N3. The maximum absolute atomic E-state index is 4.57. The summed E-state index contributed by atoms with van der Waals surface area (Å²) in [6.45, 7) is 5.09. The van der Waals surface area contributed by atoms with Crippen molar-refractivity contribution in [2.24, 2.45) is 0 Å². The van der Waals surface area contributed by atoms with Crippen molar-refractivity contribution in [2.75, 3.05) is 5.32 Å². The van der Waals surface area contributed by atoms with Crippen LogP contribution in [0.3, 0.4) is 0 Å². The molecule has 0 aliphatic heterocycles. The van der Waals surface area contributed by atoms with Gasteiger partial charge in [-0.2, -0.15) is 0 Å². The van der Waals surface area contributed by atoms with Gasteiger partial charge in [0.2, 0.25) is 0 Å². The Hall–Kier alpha value is -1.90. The highest BCUT2D eigenvalue weighted by Gasteiger charge is 2.26. The summed E-state index contributed by atoms with van der Waals surface area (Å²) in [6, 6.07) is 8.49. The molecule has 0 unspecified atom stereocenters. The maximum atomic E-state index is 4.57. The number of aromatic nitrogens is 2. The average Bonchev–Trinajstić information content (AvgIpc) is 3.22. The lowest BCUT2D eigenvalue weighted by Crippen LogP contribution is -2.05. The summed E-state index contributed by atoms with van der Waals surface area (Å²) in [5, 5.41) is 3.39. The van der Waals surface area contributed by atoms with E-state index in [4.69, 9.17) is 0 Å². The first-order chi connectivity index (χ1) is 9.22. The summed E-state index contributed by atoms with van der Waals surface area (Å²) in [7, 11) is 0. The van der Waals surface area contributed by atoms with Crippen LogP contribution in [0.15, 0.2) is 30.5 Å². The highest BCUT2D eigenvalue weighted by atomic mass is 15.0. The minimum Gasteiger partial charge on any atom is -0.366 e. The minimum absolute atomic E-state index is 0.600. The van der Waals surface area contributed by atoms with Crippen LogP contribution in [0.2, 0.25) is 0 Å². The van der Waals surface area contributed by atoms with Gasteiger partial charge in [0.1, 0.15) is 11.6 Å². The zero-order valence-corrected chi connectivity index (χ0v) is 11.5. The molecule has 3 heteroatoms. The molecule has 1 aromatic carbocycles. The van der Waals surface area contributed by atoms with E-state index in [0.29, 0.717) is 5.92 Å². The molecule has 1 aromatic heterocycles. The molecule has 2 aromatic rings. The largest absolute Gasteiger partial charge is 0.366 e. The second-order valence-electron chi connectivity index (χ2n) is 5.36. The van der Waals surface area contributed by atoms with Crippen LogP contribution in [-0.4, -0.2) is 9.97 Å². The van der Waals surface area contributed by atoms with Crippen molar-refractivity contribution in [3.63, 3.8) is 0 Å². The zero-order valence-electron chi connectivity index (χ0n) is 11.5. The molecule has 1 aliphatic carbocycles. The Labute approximate surface area is 114 Å². The van der Waals surface area contributed by atoms with E-state index in [0.717, 1.165) is 18.2 Å². The van der Waals surface area contributed by atoms with Gasteiger partial charge in [-0.25, -0.2) is 9.97 Å². The molecule has 98 valence electrons. The average molecular weight is 253 g/mol. The fourth-order valence-corrected chi connectivity index (χ4v) is 2.24. The standard InChI is InChI=1S/C16H19N3/c1-11-3-4-14(12(2)9-11)10-18-15-7-8-17-16(19-15)13-5-6-13/h3-4,7-9,13H,5-6,10H2,1-2H3,(H,17,18,19). The first kappa shape index (κ1) is 12.2. The number of nitrogens with zero attached hydrogens (tertiary/aromatic N) is 2. The second kappa shape index (κ2) is 5.00. The summed E-state index contributed by atoms with van der Waals surface area (Å²) in [4.78, 5) is 8.91. The van der Waals surface area contributed by atoms with Gasteiger partial charge in [0, 0.05) is 18.7 Å². The Morgan fingerprint density at radius 1 is 1.21 bits per heavy atom. The molecule has 0 atom stereocenters. The molecule has 0 radical (unpaired) electrons. The lowest BCUT2D eigenvalue weighted by atomic mass is 10.1. The molecule has 3 nitrogen and oxygen atoms in total. The van der Waals surface area contributed by atoms with Crippen molar-refractivity contribution in [1.82, 2.24) is 9.97 Å². The molecular weight excluding hydrogens is 234 g/mol. The molecule has 1 fully saturated rings. The third-order valence-corrected chi connectivity index (χ3v) is 3.57. The molecule has 1 N–H and O–H groups in total.